The fraction of sp³-hybridized carbons (Fsp3) is 0.346. The van der Waals surface area contributed by atoms with Crippen molar-refractivity contribution in [2.75, 3.05) is 25.4 Å². The summed E-state index contributed by atoms with van der Waals surface area (Å²) in [6.45, 7) is 9.25. The summed E-state index contributed by atoms with van der Waals surface area (Å²) < 4.78 is 0. The Labute approximate surface area is 208 Å². The second-order valence-corrected chi connectivity index (χ2v) is 9.82. The zero-order chi connectivity index (χ0) is 26.0. The van der Waals surface area contributed by atoms with Crippen LogP contribution >= 0.6 is 11.8 Å². The number of imide groups is 2. The zero-order valence-corrected chi connectivity index (χ0v) is 21.2. The summed E-state index contributed by atoms with van der Waals surface area (Å²) in [5.74, 6) is -0.688. The molecule has 0 fully saturated rings. The van der Waals surface area contributed by atoms with Crippen LogP contribution < -0.4 is 0 Å². The number of amides is 4. The third kappa shape index (κ3) is 5.21. The van der Waals surface area contributed by atoms with E-state index < -0.39 is 0 Å². The van der Waals surface area contributed by atoms with E-state index >= 15 is 0 Å². The second-order valence-electron chi connectivity index (χ2n) is 8.55. The van der Waals surface area contributed by atoms with E-state index in [0.717, 1.165) is 38.9 Å². The van der Waals surface area contributed by atoms with Crippen LogP contribution in [0.1, 0.15) is 70.6 Å². The van der Waals surface area contributed by atoms with Crippen molar-refractivity contribution in [1.82, 2.24) is 9.80 Å². The van der Waals surface area contributed by atoms with Gasteiger partial charge in [-0.3, -0.25) is 33.8 Å². The van der Waals surface area contributed by atoms with Crippen LogP contribution in [-0.4, -0.2) is 69.1 Å². The van der Waals surface area contributed by atoms with E-state index in [1.165, 1.54) is 11.8 Å². The minimum Gasteiger partial charge on any atom is -0.395 e. The lowest BCUT2D eigenvalue weighted by Gasteiger charge is -2.12. The van der Waals surface area contributed by atoms with Gasteiger partial charge >= 0.3 is 0 Å². The standard InChI is InChI=1S/C14H15NO3S.C12H13NO3/c1-8-6-11-12(7-9(8)2)14(18)15(13(11)17)4-5-19-10(3)16;1-7-5-9-10(6-8(7)2)12(16)13(3-4-14)11(9)15/h6-7H,4-5H2,1-3H3;5-6,14H,3-4H2,1-2H3. The van der Waals surface area contributed by atoms with Gasteiger partial charge in [0.05, 0.1) is 35.4 Å². The van der Waals surface area contributed by atoms with Gasteiger partial charge in [-0.25, -0.2) is 0 Å². The summed E-state index contributed by atoms with van der Waals surface area (Å²) in [4.78, 5) is 61.2. The number of hydrogen-bond acceptors (Lipinski definition) is 7. The molecule has 4 amide bonds. The van der Waals surface area contributed by atoms with Crippen LogP contribution in [0.3, 0.4) is 0 Å². The highest BCUT2D eigenvalue weighted by Gasteiger charge is 2.36. The molecule has 0 aromatic heterocycles. The van der Waals surface area contributed by atoms with Gasteiger partial charge in [-0.1, -0.05) is 11.8 Å². The first-order valence-electron chi connectivity index (χ1n) is 11.2. The molecule has 184 valence electrons. The Morgan fingerprint density at radius 2 is 1.00 bits per heavy atom. The molecule has 2 aromatic rings. The number of aryl methyl sites for hydroxylation is 4. The largest absolute Gasteiger partial charge is 0.395 e. The van der Waals surface area contributed by atoms with E-state index in [1.54, 1.807) is 24.3 Å². The van der Waals surface area contributed by atoms with Gasteiger partial charge in [0.15, 0.2) is 5.12 Å². The zero-order valence-electron chi connectivity index (χ0n) is 20.4. The quantitative estimate of drug-likeness (QED) is 0.633. The lowest BCUT2D eigenvalue weighted by molar-refractivity contribution is -0.109. The van der Waals surface area contributed by atoms with Crippen molar-refractivity contribution in [2.24, 2.45) is 0 Å². The molecular weight excluding hydrogens is 468 g/mol. The highest BCUT2D eigenvalue weighted by atomic mass is 32.2. The number of rotatable bonds is 5. The predicted octanol–water partition coefficient (Wildman–Crippen LogP) is 3.07. The topological polar surface area (TPSA) is 112 Å². The summed E-state index contributed by atoms with van der Waals surface area (Å²) >= 11 is 1.12. The van der Waals surface area contributed by atoms with Crippen LogP contribution in [0.2, 0.25) is 0 Å². The third-order valence-corrected chi connectivity index (χ3v) is 6.91. The second kappa shape index (κ2) is 10.5. The molecule has 8 nitrogen and oxygen atoms in total. The Hall–Kier alpha value is -3.30. The molecule has 2 aromatic carbocycles. The van der Waals surface area contributed by atoms with Crippen LogP contribution in [0.25, 0.3) is 0 Å². The molecule has 0 aliphatic carbocycles. The number of nitrogens with zero attached hydrogens (tertiary/aromatic N) is 2. The number of carbonyl (C=O) groups is 5. The van der Waals surface area contributed by atoms with E-state index in [2.05, 4.69) is 0 Å². The number of carbonyl (C=O) groups excluding carboxylic acids is 5. The van der Waals surface area contributed by atoms with Crippen molar-refractivity contribution < 1.29 is 29.1 Å². The maximum atomic E-state index is 12.2. The lowest BCUT2D eigenvalue weighted by Crippen LogP contribution is -2.32. The number of aliphatic hydroxyl groups is 1. The van der Waals surface area contributed by atoms with E-state index in [0.29, 0.717) is 28.0 Å². The fourth-order valence-electron chi connectivity index (χ4n) is 3.89. The molecule has 2 heterocycles. The van der Waals surface area contributed by atoms with Crippen LogP contribution in [0, 0.1) is 27.7 Å². The van der Waals surface area contributed by atoms with Gasteiger partial charge in [0.25, 0.3) is 23.6 Å². The highest BCUT2D eigenvalue weighted by molar-refractivity contribution is 8.13. The van der Waals surface area contributed by atoms with Crippen molar-refractivity contribution in [2.45, 2.75) is 34.6 Å². The average molecular weight is 497 g/mol. The van der Waals surface area contributed by atoms with Gasteiger partial charge in [0.2, 0.25) is 0 Å². The molecule has 9 heteroatoms. The smallest absolute Gasteiger partial charge is 0.261 e. The Kier molecular flexibility index (Phi) is 7.92. The molecule has 4 rings (SSSR count). The summed E-state index contributed by atoms with van der Waals surface area (Å²) in [6.07, 6.45) is 0. The molecule has 0 spiro atoms. The molecule has 35 heavy (non-hydrogen) atoms. The fourth-order valence-corrected chi connectivity index (χ4v) is 4.45. The van der Waals surface area contributed by atoms with Gasteiger partial charge in [-0.15, -0.1) is 0 Å². The molecule has 0 saturated heterocycles. The van der Waals surface area contributed by atoms with Crippen LogP contribution in [-0.2, 0) is 4.79 Å². The summed E-state index contributed by atoms with van der Waals surface area (Å²) in [7, 11) is 0. The highest BCUT2D eigenvalue weighted by Crippen LogP contribution is 2.27. The number of hydrogen-bond donors (Lipinski definition) is 1. The number of benzene rings is 2. The van der Waals surface area contributed by atoms with Gasteiger partial charge in [0.1, 0.15) is 0 Å². The summed E-state index contributed by atoms with van der Waals surface area (Å²) in [6, 6.07) is 7.01. The maximum Gasteiger partial charge on any atom is 0.261 e. The first-order valence-corrected chi connectivity index (χ1v) is 12.2. The Bertz CT molecular complexity index is 1170. The minimum absolute atomic E-state index is 0.0108. The molecule has 1 N–H and O–H groups in total. The minimum atomic E-state index is -0.308. The predicted molar refractivity (Wildman–Crippen MR) is 133 cm³/mol. The monoisotopic (exact) mass is 496 g/mol. The number of thioether (sulfide) groups is 1. The molecular formula is C26H28N2O6S. The Morgan fingerprint density at radius 3 is 1.29 bits per heavy atom. The van der Waals surface area contributed by atoms with Crippen molar-refractivity contribution in [3.05, 3.63) is 68.8 Å². The van der Waals surface area contributed by atoms with Crippen LogP contribution in [0.4, 0.5) is 0 Å². The normalized spacial score (nSPS) is 14.2. The van der Waals surface area contributed by atoms with Crippen molar-refractivity contribution in [3.8, 4) is 0 Å². The number of aliphatic hydroxyl groups excluding tert-OH is 1. The molecule has 0 saturated carbocycles. The molecule has 2 aliphatic heterocycles. The first kappa shape index (κ1) is 26.3. The number of β-amino-alcohol motifs (C(OH)–C–C–N with tert-alkyl or cyclic N) is 1. The van der Waals surface area contributed by atoms with Crippen molar-refractivity contribution in [3.63, 3.8) is 0 Å². The Balaban J connectivity index is 0.000000198. The third-order valence-electron chi connectivity index (χ3n) is 6.11. The van der Waals surface area contributed by atoms with Crippen LogP contribution in [0.5, 0.6) is 0 Å². The van der Waals surface area contributed by atoms with Gasteiger partial charge in [-0.05, 0) is 74.2 Å². The van der Waals surface area contributed by atoms with E-state index in [9.17, 15) is 24.0 Å². The summed E-state index contributed by atoms with van der Waals surface area (Å²) in [5, 5.41) is 8.79. The van der Waals surface area contributed by atoms with Gasteiger partial charge in [-0.2, -0.15) is 0 Å². The molecule has 0 unspecified atom stereocenters. The average Bonchev–Trinajstić information content (AvgIpc) is 3.15. The van der Waals surface area contributed by atoms with E-state index in [-0.39, 0.29) is 48.4 Å². The van der Waals surface area contributed by atoms with Crippen molar-refractivity contribution in [1.29, 1.82) is 0 Å². The van der Waals surface area contributed by atoms with E-state index in [4.69, 9.17) is 5.11 Å². The SMILES string of the molecule is CC(=O)SCCN1C(=O)c2cc(C)c(C)cc2C1=O.Cc1cc2c(cc1C)C(=O)N(CCO)C2=O. The molecule has 0 atom stereocenters. The number of fused-ring (bicyclic) bond motifs is 2. The molecule has 2 aliphatic rings. The van der Waals surface area contributed by atoms with Gasteiger partial charge in [0, 0.05) is 19.2 Å². The lowest BCUT2D eigenvalue weighted by atomic mass is 10.0. The Morgan fingerprint density at radius 1 is 0.686 bits per heavy atom. The maximum absolute atomic E-state index is 12.2. The molecule has 0 bridgehead atoms. The van der Waals surface area contributed by atoms with Crippen molar-refractivity contribution >= 4 is 40.5 Å². The first-order chi connectivity index (χ1) is 16.5. The van der Waals surface area contributed by atoms with Crippen LogP contribution in [0.15, 0.2) is 24.3 Å². The summed E-state index contributed by atoms with van der Waals surface area (Å²) in [5.41, 5.74) is 5.82. The van der Waals surface area contributed by atoms with E-state index in [1.807, 2.05) is 27.7 Å². The molecule has 0 radical (unpaired) electrons. The van der Waals surface area contributed by atoms with Gasteiger partial charge < -0.3 is 5.11 Å².